The third-order valence-electron chi connectivity index (χ3n) is 4.58. The van der Waals surface area contributed by atoms with Crippen molar-refractivity contribution in [1.82, 2.24) is 5.32 Å². The van der Waals surface area contributed by atoms with E-state index in [9.17, 15) is 18.0 Å². The highest BCUT2D eigenvalue weighted by atomic mass is 32.2. The summed E-state index contributed by atoms with van der Waals surface area (Å²) in [6.45, 7) is 6.12. The molecule has 8 heteroatoms. The maximum absolute atomic E-state index is 13.1. The van der Waals surface area contributed by atoms with Crippen molar-refractivity contribution >= 4 is 33.2 Å². The second-order valence-corrected chi connectivity index (χ2v) is 8.97. The van der Waals surface area contributed by atoms with Gasteiger partial charge in [0.15, 0.2) is 0 Å². The van der Waals surface area contributed by atoms with E-state index in [2.05, 4.69) is 10.6 Å². The fourth-order valence-corrected chi connectivity index (χ4v) is 4.30. The minimum Gasteiger partial charge on any atom is -0.352 e. The van der Waals surface area contributed by atoms with Crippen LogP contribution in [0.25, 0.3) is 0 Å². The van der Waals surface area contributed by atoms with Crippen molar-refractivity contribution in [2.24, 2.45) is 0 Å². The molecule has 1 atom stereocenters. The summed E-state index contributed by atoms with van der Waals surface area (Å²) < 4.78 is 26.2. The molecule has 0 aliphatic rings. The summed E-state index contributed by atoms with van der Waals surface area (Å²) >= 11 is 0. The van der Waals surface area contributed by atoms with E-state index in [0.29, 0.717) is 23.5 Å². The summed E-state index contributed by atoms with van der Waals surface area (Å²) in [6, 6.07) is 12.7. The zero-order valence-corrected chi connectivity index (χ0v) is 18.6. The highest BCUT2D eigenvalue weighted by Gasteiger charge is 2.32. The number of amides is 2. The van der Waals surface area contributed by atoms with Gasteiger partial charge >= 0.3 is 0 Å². The summed E-state index contributed by atoms with van der Waals surface area (Å²) in [6.07, 6.45) is 2.13. The first-order chi connectivity index (χ1) is 14.2. The summed E-state index contributed by atoms with van der Waals surface area (Å²) in [4.78, 5) is 25.5. The zero-order valence-electron chi connectivity index (χ0n) is 17.8. The van der Waals surface area contributed by atoms with Crippen molar-refractivity contribution < 1.29 is 18.0 Å². The van der Waals surface area contributed by atoms with Crippen LogP contribution < -0.4 is 14.9 Å². The van der Waals surface area contributed by atoms with E-state index in [-0.39, 0.29) is 12.3 Å². The Labute approximate surface area is 178 Å². The Morgan fingerprint density at radius 2 is 1.67 bits per heavy atom. The number of sulfonamides is 1. The fourth-order valence-electron chi connectivity index (χ4n) is 3.09. The van der Waals surface area contributed by atoms with Crippen LogP contribution in [0.1, 0.15) is 42.6 Å². The molecule has 2 aromatic carbocycles. The second-order valence-electron chi connectivity index (χ2n) is 7.11. The highest BCUT2D eigenvalue weighted by Crippen LogP contribution is 2.24. The smallest absolute Gasteiger partial charge is 0.253 e. The molecule has 0 fully saturated rings. The van der Waals surface area contributed by atoms with Crippen molar-refractivity contribution in [2.45, 2.75) is 39.7 Å². The third kappa shape index (κ3) is 5.82. The predicted octanol–water partition coefficient (Wildman–Crippen LogP) is 3.32. The van der Waals surface area contributed by atoms with E-state index >= 15 is 0 Å². The van der Waals surface area contributed by atoms with Gasteiger partial charge < -0.3 is 10.6 Å². The molecule has 0 heterocycles. The number of hydrogen-bond acceptors (Lipinski definition) is 4. The van der Waals surface area contributed by atoms with Gasteiger partial charge in [0.25, 0.3) is 5.91 Å². The van der Waals surface area contributed by atoms with E-state index < -0.39 is 22.0 Å². The normalized spacial score (nSPS) is 12.1. The van der Waals surface area contributed by atoms with Crippen LogP contribution in [0, 0.1) is 6.92 Å². The first-order valence-electron chi connectivity index (χ1n) is 9.93. The van der Waals surface area contributed by atoms with Crippen molar-refractivity contribution in [2.75, 3.05) is 22.4 Å². The number of anilines is 2. The van der Waals surface area contributed by atoms with E-state index in [0.717, 1.165) is 22.5 Å². The van der Waals surface area contributed by atoms with Crippen LogP contribution in [0.15, 0.2) is 48.5 Å². The molecule has 0 unspecified atom stereocenters. The zero-order chi connectivity index (χ0) is 22.3. The number of rotatable bonds is 9. The number of nitrogens with zero attached hydrogens (tertiary/aromatic N) is 1. The molecule has 7 nitrogen and oxygen atoms in total. The van der Waals surface area contributed by atoms with Crippen LogP contribution in [0.4, 0.5) is 11.4 Å². The monoisotopic (exact) mass is 431 g/mol. The SMILES string of the molecule is CCCNC(=O)c1ccccc1NC(=O)[C@@H](CC)N(c1ccc(C)cc1)S(C)(=O)=O. The van der Waals surface area contributed by atoms with Gasteiger partial charge in [-0.15, -0.1) is 0 Å². The van der Waals surface area contributed by atoms with Gasteiger partial charge in [0.05, 0.1) is 23.2 Å². The van der Waals surface area contributed by atoms with E-state index in [1.807, 2.05) is 13.8 Å². The van der Waals surface area contributed by atoms with E-state index in [4.69, 9.17) is 0 Å². The molecule has 2 amide bonds. The summed E-state index contributed by atoms with van der Waals surface area (Å²) in [5.74, 6) is -0.793. The van der Waals surface area contributed by atoms with E-state index in [1.165, 1.54) is 0 Å². The van der Waals surface area contributed by atoms with Crippen molar-refractivity contribution in [3.8, 4) is 0 Å². The number of carbonyl (C=O) groups excluding carboxylic acids is 2. The number of benzene rings is 2. The van der Waals surface area contributed by atoms with Crippen molar-refractivity contribution in [3.05, 3.63) is 59.7 Å². The van der Waals surface area contributed by atoms with E-state index in [1.54, 1.807) is 55.5 Å². The molecule has 0 aliphatic carbocycles. The molecule has 2 rings (SSSR count). The average molecular weight is 432 g/mol. The molecule has 30 heavy (non-hydrogen) atoms. The Kier molecular flexibility index (Phi) is 8.00. The van der Waals surface area contributed by atoms with Crippen LogP contribution in [0.2, 0.25) is 0 Å². The molecule has 0 aromatic heterocycles. The summed E-state index contributed by atoms with van der Waals surface area (Å²) in [7, 11) is -3.72. The first kappa shape index (κ1) is 23.4. The predicted molar refractivity (Wildman–Crippen MR) is 120 cm³/mol. The molecular formula is C22H29N3O4S. The van der Waals surface area contributed by atoms with Crippen LogP contribution in [-0.2, 0) is 14.8 Å². The molecule has 0 saturated heterocycles. The topological polar surface area (TPSA) is 95.6 Å². The van der Waals surface area contributed by atoms with Crippen LogP contribution in [-0.4, -0.2) is 39.1 Å². The van der Waals surface area contributed by atoms with Gasteiger partial charge in [-0.05, 0) is 44.0 Å². The van der Waals surface area contributed by atoms with Gasteiger partial charge in [-0.1, -0.05) is 43.7 Å². The Balaban J connectivity index is 2.36. The molecule has 162 valence electrons. The molecule has 0 aliphatic heterocycles. The Morgan fingerprint density at radius 3 is 2.23 bits per heavy atom. The quantitative estimate of drug-likeness (QED) is 0.637. The maximum Gasteiger partial charge on any atom is 0.253 e. The van der Waals surface area contributed by atoms with Gasteiger partial charge in [-0.25, -0.2) is 8.42 Å². The van der Waals surface area contributed by atoms with Gasteiger partial charge in [0.1, 0.15) is 6.04 Å². The lowest BCUT2D eigenvalue weighted by atomic mass is 10.1. The number of carbonyl (C=O) groups is 2. The number of nitrogens with one attached hydrogen (secondary N) is 2. The summed E-state index contributed by atoms with van der Waals surface area (Å²) in [5, 5.41) is 5.53. The molecular weight excluding hydrogens is 402 g/mol. The fraction of sp³-hybridized carbons (Fsp3) is 0.364. The lowest BCUT2D eigenvalue weighted by Crippen LogP contribution is -2.47. The standard InChI is InChI=1S/C22H29N3O4S/c1-5-15-23-21(26)18-9-7-8-10-19(18)24-22(27)20(6-2)25(30(4,28)29)17-13-11-16(3)12-14-17/h7-14,20H,5-6,15H2,1-4H3,(H,23,26)(H,24,27)/t20-/m1/s1. The number of hydrogen-bond donors (Lipinski definition) is 2. The first-order valence-corrected chi connectivity index (χ1v) is 11.8. The molecule has 2 aromatic rings. The highest BCUT2D eigenvalue weighted by molar-refractivity contribution is 7.92. The average Bonchev–Trinajstić information content (AvgIpc) is 2.70. The van der Waals surface area contributed by atoms with Crippen LogP contribution >= 0.6 is 0 Å². The number of para-hydroxylation sites is 1. The van der Waals surface area contributed by atoms with Crippen LogP contribution in [0.3, 0.4) is 0 Å². The molecule has 0 radical (unpaired) electrons. The minimum atomic E-state index is -3.72. The van der Waals surface area contributed by atoms with Crippen LogP contribution in [0.5, 0.6) is 0 Å². The molecule has 0 saturated carbocycles. The minimum absolute atomic E-state index is 0.261. The maximum atomic E-state index is 13.1. The Morgan fingerprint density at radius 1 is 1.03 bits per heavy atom. The molecule has 0 bridgehead atoms. The number of aryl methyl sites for hydroxylation is 1. The van der Waals surface area contributed by atoms with Gasteiger partial charge in [0, 0.05) is 6.54 Å². The van der Waals surface area contributed by atoms with Gasteiger partial charge in [-0.3, -0.25) is 13.9 Å². The second kappa shape index (κ2) is 10.2. The largest absolute Gasteiger partial charge is 0.352 e. The lowest BCUT2D eigenvalue weighted by Gasteiger charge is -2.30. The molecule has 2 N–H and O–H groups in total. The van der Waals surface area contributed by atoms with Crippen molar-refractivity contribution in [1.29, 1.82) is 0 Å². The van der Waals surface area contributed by atoms with Gasteiger partial charge in [0.2, 0.25) is 15.9 Å². The van der Waals surface area contributed by atoms with Gasteiger partial charge in [-0.2, -0.15) is 0 Å². The Hall–Kier alpha value is -2.87. The summed E-state index contributed by atoms with van der Waals surface area (Å²) in [5.41, 5.74) is 2.07. The molecule has 0 spiro atoms. The lowest BCUT2D eigenvalue weighted by molar-refractivity contribution is -0.117. The third-order valence-corrected chi connectivity index (χ3v) is 5.76. The van der Waals surface area contributed by atoms with Crippen molar-refractivity contribution in [3.63, 3.8) is 0 Å². The Bertz CT molecular complexity index is 988.